The molecule has 1 atom stereocenters. The highest BCUT2D eigenvalue weighted by molar-refractivity contribution is 7.92. The molecule has 2 aromatic carbocycles. The molecule has 2 rings (SSSR count). The van der Waals surface area contributed by atoms with Gasteiger partial charge in [0.15, 0.2) is 9.84 Å². The van der Waals surface area contributed by atoms with E-state index in [1.165, 1.54) is 12.4 Å². The van der Waals surface area contributed by atoms with Crippen molar-refractivity contribution in [1.82, 2.24) is 5.48 Å². The third-order valence-electron chi connectivity index (χ3n) is 4.77. The van der Waals surface area contributed by atoms with E-state index in [1.807, 2.05) is 48.5 Å². The molecule has 0 radical (unpaired) electrons. The quantitative estimate of drug-likeness (QED) is 0.390. The Morgan fingerprint density at radius 3 is 2.07 bits per heavy atom. The first kappa shape index (κ1) is 21.6. The molecule has 28 heavy (non-hydrogen) atoms. The Morgan fingerprint density at radius 2 is 1.61 bits per heavy atom. The molecule has 0 aromatic heterocycles. The first-order valence-electron chi connectivity index (χ1n) is 8.64. The number of carbonyl (C=O) groups is 1. The molecule has 148 valence electrons. The minimum absolute atomic E-state index is 0.0514. The number of carbonyl (C=O) groups excluding carboxylic acids is 1. The van der Waals surface area contributed by atoms with E-state index in [2.05, 4.69) is 11.8 Å². The molecular formula is C21H23NO5S. The van der Waals surface area contributed by atoms with Gasteiger partial charge in [-0.25, -0.2) is 13.9 Å². The second kappa shape index (κ2) is 9.02. The summed E-state index contributed by atoms with van der Waals surface area (Å²) in [5.74, 6) is 4.50. The summed E-state index contributed by atoms with van der Waals surface area (Å²) >= 11 is 0. The Hall–Kier alpha value is -2.66. The third-order valence-corrected chi connectivity index (χ3v) is 6.80. The lowest BCUT2D eigenvalue weighted by Crippen LogP contribution is -2.49. The molecule has 0 saturated carbocycles. The summed E-state index contributed by atoms with van der Waals surface area (Å²) in [4.78, 5) is 11.9. The highest BCUT2D eigenvalue weighted by atomic mass is 32.2. The van der Waals surface area contributed by atoms with Crippen molar-refractivity contribution in [2.24, 2.45) is 0 Å². The highest BCUT2D eigenvalue weighted by Crippen LogP contribution is 2.25. The molecule has 0 aliphatic carbocycles. The SMILES string of the molecule is CC(CCc1ccc(-c2ccc(C#CCO)cc2)cc1)(C(=O)NO)S(C)(=O)=O. The standard InChI is InChI=1S/C21H23NO5S/c1-21(20(24)22-25,28(2,26)27)14-13-17-7-11-19(12-8-17)18-9-5-16(6-10-18)4-3-15-23/h5-12,23,25H,13-15H2,1-2H3,(H,22,24). The van der Waals surface area contributed by atoms with E-state index < -0.39 is 20.5 Å². The molecule has 0 saturated heterocycles. The van der Waals surface area contributed by atoms with Gasteiger partial charge in [0.1, 0.15) is 11.4 Å². The number of hydroxylamine groups is 1. The van der Waals surface area contributed by atoms with Crippen LogP contribution >= 0.6 is 0 Å². The van der Waals surface area contributed by atoms with Crippen molar-refractivity contribution in [3.05, 3.63) is 59.7 Å². The fraction of sp³-hybridized carbons (Fsp3) is 0.286. The number of aliphatic hydroxyl groups excluding tert-OH is 1. The number of rotatable bonds is 6. The molecule has 7 heteroatoms. The second-order valence-electron chi connectivity index (χ2n) is 6.68. The Morgan fingerprint density at radius 1 is 1.07 bits per heavy atom. The summed E-state index contributed by atoms with van der Waals surface area (Å²) < 4.78 is 22.3. The van der Waals surface area contributed by atoms with Crippen LogP contribution in [0.5, 0.6) is 0 Å². The van der Waals surface area contributed by atoms with E-state index in [-0.39, 0.29) is 13.0 Å². The summed E-state index contributed by atoms with van der Waals surface area (Å²) in [5, 5.41) is 17.6. The molecule has 0 aliphatic heterocycles. The number of hydrogen-bond donors (Lipinski definition) is 3. The summed E-state index contributed by atoms with van der Waals surface area (Å²) in [6.45, 7) is 1.13. The number of aryl methyl sites for hydroxylation is 1. The summed E-state index contributed by atoms with van der Waals surface area (Å²) in [6.07, 6.45) is 1.41. The Kier molecular flexibility index (Phi) is 6.97. The van der Waals surface area contributed by atoms with Crippen LogP contribution in [0.25, 0.3) is 11.1 Å². The van der Waals surface area contributed by atoms with Gasteiger partial charge in [-0.05, 0) is 48.6 Å². The minimum atomic E-state index is -3.71. The first-order valence-corrected chi connectivity index (χ1v) is 10.5. The van der Waals surface area contributed by atoms with Crippen molar-refractivity contribution < 1.29 is 23.5 Å². The first-order chi connectivity index (χ1) is 13.2. The largest absolute Gasteiger partial charge is 0.384 e. The van der Waals surface area contributed by atoms with E-state index >= 15 is 0 Å². The maximum Gasteiger partial charge on any atom is 0.264 e. The van der Waals surface area contributed by atoms with Crippen molar-refractivity contribution >= 4 is 15.7 Å². The van der Waals surface area contributed by atoms with E-state index in [4.69, 9.17) is 10.3 Å². The van der Waals surface area contributed by atoms with Gasteiger partial charge < -0.3 is 5.11 Å². The Balaban J connectivity index is 2.13. The second-order valence-corrected chi connectivity index (χ2v) is 9.12. The molecule has 0 fully saturated rings. The number of benzene rings is 2. The van der Waals surface area contributed by atoms with Crippen LogP contribution in [0, 0.1) is 11.8 Å². The lowest BCUT2D eigenvalue weighted by molar-refractivity contribution is -0.131. The number of aliphatic hydroxyl groups is 1. The highest BCUT2D eigenvalue weighted by Gasteiger charge is 2.43. The lowest BCUT2D eigenvalue weighted by atomic mass is 9.97. The fourth-order valence-corrected chi connectivity index (χ4v) is 3.58. The predicted molar refractivity (Wildman–Crippen MR) is 107 cm³/mol. The average molecular weight is 401 g/mol. The summed E-state index contributed by atoms with van der Waals surface area (Å²) in [5.41, 5.74) is 5.15. The number of hydrogen-bond acceptors (Lipinski definition) is 5. The molecule has 0 aliphatic rings. The zero-order chi connectivity index (χ0) is 20.8. The minimum Gasteiger partial charge on any atom is -0.384 e. The van der Waals surface area contributed by atoms with Gasteiger partial charge in [-0.1, -0.05) is 48.2 Å². The maximum atomic E-state index is 12.0. The van der Waals surface area contributed by atoms with E-state index in [0.29, 0.717) is 6.42 Å². The topological polar surface area (TPSA) is 104 Å². The molecule has 0 heterocycles. The van der Waals surface area contributed by atoms with Crippen LogP contribution in [0.15, 0.2) is 48.5 Å². The lowest BCUT2D eigenvalue weighted by Gasteiger charge is -2.25. The summed E-state index contributed by atoms with van der Waals surface area (Å²) in [6, 6.07) is 15.2. The molecule has 0 bridgehead atoms. The van der Waals surface area contributed by atoms with Crippen molar-refractivity contribution in [2.75, 3.05) is 12.9 Å². The van der Waals surface area contributed by atoms with Crippen LogP contribution < -0.4 is 5.48 Å². The molecular weight excluding hydrogens is 378 g/mol. The molecule has 2 aromatic rings. The number of amides is 1. The molecule has 3 N–H and O–H groups in total. The van der Waals surface area contributed by atoms with Gasteiger partial charge in [-0.3, -0.25) is 10.0 Å². The molecule has 0 spiro atoms. The van der Waals surface area contributed by atoms with E-state index in [1.54, 1.807) is 0 Å². The van der Waals surface area contributed by atoms with Crippen LogP contribution in [0.1, 0.15) is 24.5 Å². The molecule has 1 amide bonds. The van der Waals surface area contributed by atoms with Crippen molar-refractivity contribution in [1.29, 1.82) is 0 Å². The number of nitrogens with one attached hydrogen (secondary N) is 1. The van der Waals surface area contributed by atoms with Gasteiger partial charge in [0.2, 0.25) is 0 Å². The van der Waals surface area contributed by atoms with Crippen molar-refractivity contribution in [3.8, 4) is 23.0 Å². The van der Waals surface area contributed by atoms with Gasteiger partial charge in [-0.15, -0.1) is 0 Å². The molecule has 6 nitrogen and oxygen atoms in total. The van der Waals surface area contributed by atoms with Crippen molar-refractivity contribution in [3.63, 3.8) is 0 Å². The van der Waals surface area contributed by atoms with E-state index in [9.17, 15) is 13.2 Å². The Bertz CT molecular complexity index is 986. The third kappa shape index (κ3) is 4.98. The predicted octanol–water partition coefficient (Wildman–Crippen LogP) is 1.94. The van der Waals surface area contributed by atoms with Gasteiger partial charge >= 0.3 is 0 Å². The van der Waals surface area contributed by atoms with Crippen LogP contribution in [0.2, 0.25) is 0 Å². The normalized spacial score (nSPS) is 13.1. The van der Waals surface area contributed by atoms with Gasteiger partial charge in [0, 0.05) is 11.8 Å². The Labute approximate surface area is 165 Å². The van der Waals surface area contributed by atoms with Crippen LogP contribution in [-0.2, 0) is 21.1 Å². The van der Waals surface area contributed by atoms with Crippen LogP contribution in [0.4, 0.5) is 0 Å². The van der Waals surface area contributed by atoms with Gasteiger partial charge in [0.25, 0.3) is 5.91 Å². The zero-order valence-corrected chi connectivity index (χ0v) is 16.6. The zero-order valence-electron chi connectivity index (χ0n) is 15.8. The average Bonchev–Trinajstić information content (AvgIpc) is 2.69. The van der Waals surface area contributed by atoms with E-state index in [0.717, 1.165) is 28.5 Å². The fourth-order valence-electron chi connectivity index (χ4n) is 2.72. The van der Waals surface area contributed by atoms with Crippen LogP contribution in [0.3, 0.4) is 0 Å². The van der Waals surface area contributed by atoms with Gasteiger partial charge in [-0.2, -0.15) is 0 Å². The smallest absolute Gasteiger partial charge is 0.264 e. The van der Waals surface area contributed by atoms with Crippen LogP contribution in [-0.4, -0.2) is 42.2 Å². The molecule has 1 unspecified atom stereocenters. The van der Waals surface area contributed by atoms with Gasteiger partial charge in [0.05, 0.1) is 0 Å². The number of sulfone groups is 1. The maximum absolute atomic E-state index is 12.0. The van der Waals surface area contributed by atoms with Crippen molar-refractivity contribution in [2.45, 2.75) is 24.5 Å². The summed E-state index contributed by atoms with van der Waals surface area (Å²) in [7, 11) is -3.71. The monoisotopic (exact) mass is 401 g/mol.